The normalized spacial score (nSPS) is 20.2. The van der Waals surface area contributed by atoms with Crippen LogP contribution in [0, 0.1) is 0 Å². The van der Waals surface area contributed by atoms with Crippen LogP contribution in [0.3, 0.4) is 0 Å². The lowest BCUT2D eigenvalue weighted by molar-refractivity contribution is -0.126. The third-order valence-electron chi connectivity index (χ3n) is 4.33. The largest absolute Gasteiger partial charge is 0.351 e. The molecule has 25 heavy (non-hydrogen) atoms. The molecule has 1 aliphatic rings. The average molecular weight is 341 g/mol. The van der Waals surface area contributed by atoms with Crippen molar-refractivity contribution < 1.29 is 9.18 Å². The first-order chi connectivity index (χ1) is 12.1. The van der Waals surface area contributed by atoms with Gasteiger partial charge in [-0.05, 0) is 12.1 Å². The van der Waals surface area contributed by atoms with Crippen molar-refractivity contribution in [1.29, 1.82) is 0 Å². The molecule has 0 bridgehead atoms. The fourth-order valence-corrected chi connectivity index (χ4v) is 3.02. The summed E-state index contributed by atoms with van der Waals surface area (Å²) in [4.78, 5) is 30.6. The quantitative estimate of drug-likeness (QED) is 0.773. The maximum atomic E-state index is 15.2. The van der Waals surface area contributed by atoms with Gasteiger partial charge in [-0.2, -0.15) is 0 Å². The van der Waals surface area contributed by atoms with Crippen LogP contribution in [0.15, 0.2) is 37.2 Å². The predicted molar refractivity (Wildman–Crippen MR) is 89.8 cm³/mol. The number of alkyl halides is 1. The number of halogens is 1. The van der Waals surface area contributed by atoms with Crippen LogP contribution in [0.2, 0.25) is 0 Å². The summed E-state index contributed by atoms with van der Waals surface area (Å²) in [6.07, 6.45) is 6.20. The van der Waals surface area contributed by atoms with E-state index >= 15 is 4.39 Å². The molecule has 0 aliphatic carbocycles. The first kappa shape index (κ1) is 15.4. The fraction of sp³-hybridized carbons (Fsp3) is 0.312. The van der Waals surface area contributed by atoms with Crippen molar-refractivity contribution in [2.45, 2.75) is 12.1 Å². The van der Waals surface area contributed by atoms with E-state index in [2.05, 4.69) is 25.3 Å². The van der Waals surface area contributed by atoms with Gasteiger partial charge in [-0.15, -0.1) is 0 Å². The first-order valence-corrected chi connectivity index (χ1v) is 7.84. The summed E-state index contributed by atoms with van der Waals surface area (Å²) in [5.74, 6) is -0.0861. The number of amides is 1. The van der Waals surface area contributed by atoms with E-state index in [1.54, 1.807) is 34.1 Å². The van der Waals surface area contributed by atoms with Gasteiger partial charge in [0.1, 0.15) is 11.8 Å². The van der Waals surface area contributed by atoms with E-state index in [0.29, 0.717) is 23.7 Å². The Morgan fingerprint density at radius 1 is 1.36 bits per heavy atom. The van der Waals surface area contributed by atoms with Crippen LogP contribution in [-0.4, -0.2) is 49.2 Å². The molecule has 3 aromatic rings. The highest BCUT2D eigenvalue weighted by Gasteiger charge is 2.46. The number of nitrogens with one attached hydrogen (secondary N) is 1. The van der Waals surface area contributed by atoms with Gasteiger partial charge in [-0.25, -0.2) is 19.3 Å². The van der Waals surface area contributed by atoms with Crippen molar-refractivity contribution in [3.8, 4) is 0 Å². The Hall–Kier alpha value is -3.10. The molecule has 0 saturated carbocycles. The number of rotatable bonds is 3. The van der Waals surface area contributed by atoms with Crippen molar-refractivity contribution in [1.82, 2.24) is 24.5 Å². The van der Waals surface area contributed by atoms with Crippen LogP contribution in [0.4, 0.5) is 15.9 Å². The van der Waals surface area contributed by atoms with Gasteiger partial charge in [0.15, 0.2) is 11.5 Å². The van der Waals surface area contributed by atoms with E-state index in [9.17, 15) is 4.79 Å². The molecule has 1 atom stereocenters. The highest BCUT2D eigenvalue weighted by molar-refractivity contribution is 5.98. The number of nitrogens with zero attached hydrogens (tertiary/aromatic N) is 6. The van der Waals surface area contributed by atoms with Gasteiger partial charge in [-0.3, -0.25) is 9.78 Å². The Kier molecular flexibility index (Phi) is 3.56. The monoisotopic (exact) mass is 341 g/mol. The molecule has 1 amide bonds. The Bertz CT molecular complexity index is 929. The molecule has 8 nitrogen and oxygen atoms in total. The van der Waals surface area contributed by atoms with Crippen LogP contribution in [0.1, 0.15) is 6.42 Å². The van der Waals surface area contributed by atoms with E-state index in [1.165, 1.54) is 12.5 Å². The summed E-state index contributed by atoms with van der Waals surface area (Å²) < 4.78 is 17.0. The maximum absolute atomic E-state index is 15.2. The Labute approximate surface area is 142 Å². The smallest absolute Gasteiger partial charge is 0.264 e. The third kappa shape index (κ3) is 2.67. The number of hydrogen-bond acceptors (Lipinski definition) is 6. The Morgan fingerprint density at radius 2 is 2.24 bits per heavy atom. The summed E-state index contributed by atoms with van der Waals surface area (Å²) in [5.41, 5.74) is -0.256. The van der Waals surface area contributed by atoms with Crippen LogP contribution in [0.25, 0.3) is 11.2 Å². The molecular formula is C16H16FN7O. The molecule has 4 heterocycles. The molecule has 128 valence electrons. The summed E-state index contributed by atoms with van der Waals surface area (Å²) in [6, 6.07) is 3.35. The second-order valence-corrected chi connectivity index (χ2v) is 6.06. The Balaban J connectivity index is 1.57. The van der Waals surface area contributed by atoms with Gasteiger partial charge in [0.2, 0.25) is 5.67 Å². The van der Waals surface area contributed by atoms with Crippen molar-refractivity contribution in [3.63, 3.8) is 0 Å². The number of anilines is 2. The SMILES string of the molecule is Cn1cnc2ncnc(N3CCC(F)(C(=O)Nc4cccnc4)C3)c21. The van der Waals surface area contributed by atoms with Gasteiger partial charge in [0, 0.05) is 26.2 Å². The lowest BCUT2D eigenvalue weighted by Gasteiger charge is -2.21. The van der Waals surface area contributed by atoms with E-state index in [-0.39, 0.29) is 13.0 Å². The van der Waals surface area contributed by atoms with Gasteiger partial charge in [-0.1, -0.05) is 0 Å². The van der Waals surface area contributed by atoms with Crippen molar-refractivity contribution >= 4 is 28.6 Å². The maximum Gasteiger partial charge on any atom is 0.264 e. The molecule has 0 spiro atoms. The number of fused-ring (bicyclic) bond motifs is 1. The molecule has 1 unspecified atom stereocenters. The minimum atomic E-state index is -1.99. The van der Waals surface area contributed by atoms with E-state index in [4.69, 9.17) is 0 Å². The molecule has 0 radical (unpaired) electrons. The average Bonchev–Trinajstić information content (AvgIpc) is 3.20. The molecule has 9 heteroatoms. The van der Waals surface area contributed by atoms with E-state index in [1.807, 2.05) is 7.05 Å². The molecule has 1 fully saturated rings. The first-order valence-electron chi connectivity index (χ1n) is 7.84. The van der Waals surface area contributed by atoms with Gasteiger partial charge >= 0.3 is 0 Å². The predicted octanol–water partition coefficient (Wildman–Crippen LogP) is 1.32. The summed E-state index contributed by atoms with van der Waals surface area (Å²) in [5, 5.41) is 2.59. The zero-order chi connectivity index (χ0) is 17.4. The van der Waals surface area contributed by atoms with Gasteiger partial charge < -0.3 is 14.8 Å². The van der Waals surface area contributed by atoms with Crippen molar-refractivity contribution in [2.24, 2.45) is 7.05 Å². The highest BCUT2D eigenvalue weighted by atomic mass is 19.1. The van der Waals surface area contributed by atoms with Crippen LogP contribution in [0.5, 0.6) is 0 Å². The lowest BCUT2D eigenvalue weighted by atomic mass is 10.0. The van der Waals surface area contributed by atoms with Crippen LogP contribution in [-0.2, 0) is 11.8 Å². The standard InChI is InChI=1S/C16H16FN7O/c1-23-10-21-13-12(23)14(20-9-19-13)24-6-4-16(17,8-24)15(25)22-11-3-2-5-18-7-11/h2-3,5,7,9-10H,4,6,8H2,1H3,(H,22,25). The number of pyridine rings is 1. The van der Waals surface area contributed by atoms with E-state index in [0.717, 1.165) is 5.52 Å². The lowest BCUT2D eigenvalue weighted by Crippen LogP contribution is -2.41. The number of hydrogen-bond donors (Lipinski definition) is 1. The molecule has 1 N–H and O–H groups in total. The molecular weight excluding hydrogens is 325 g/mol. The molecule has 0 aromatic carbocycles. The molecule has 1 saturated heterocycles. The van der Waals surface area contributed by atoms with E-state index < -0.39 is 11.6 Å². The zero-order valence-corrected chi connectivity index (χ0v) is 13.6. The van der Waals surface area contributed by atoms with Gasteiger partial charge in [0.05, 0.1) is 24.8 Å². The fourth-order valence-electron chi connectivity index (χ4n) is 3.02. The van der Waals surface area contributed by atoms with Crippen LogP contribution < -0.4 is 10.2 Å². The summed E-state index contributed by atoms with van der Waals surface area (Å²) in [7, 11) is 1.83. The molecule has 4 rings (SSSR count). The highest BCUT2D eigenvalue weighted by Crippen LogP contribution is 2.32. The number of aryl methyl sites for hydroxylation is 1. The number of carbonyl (C=O) groups excluding carboxylic acids is 1. The summed E-state index contributed by atoms with van der Waals surface area (Å²) >= 11 is 0. The van der Waals surface area contributed by atoms with Crippen molar-refractivity contribution in [3.05, 3.63) is 37.2 Å². The number of aromatic nitrogens is 5. The molecule has 3 aromatic heterocycles. The molecule has 1 aliphatic heterocycles. The zero-order valence-electron chi connectivity index (χ0n) is 13.6. The second kappa shape index (κ2) is 5.76. The topological polar surface area (TPSA) is 88.8 Å². The van der Waals surface area contributed by atoms with Gasteiger partial charge in [0.25, 0.3) is 5.91 Å². The summed E-state index contributed by atoms with van der Waals surface area (Å²) in [6.45, 7) is 0.310. The Morgan fingerprint density at radius 3 is 3.04 bits per heavy atom. The minimum absolute atomic E-state index is 0.0730. The third-order valence-corrected chi connectivity index (χ3v) is 4.33. The van der Waals surface area contributed by atoms with Crippen molar-refractivity contribution in [2.75, 3.05) is 23.3 Å². The minimum Gasteiger partial charge on any atom is -0.351 e. The second-order valence-electron chi connectivity index (χ2n) is 6.06. The number of imidazole rings is 1. The van der Waals surface area contributed by atoms with Crippen LogP contribution >= 0.6 is 0 Å². The number of carbonyl (C=O) groups is 1.